The molecule has 1 heterocycles. The smallest absolute Gasteiger partial charge is 0.358 e. The molecule has 90 valence electrons. The van der Waals surface area contributed by atoms with Gasteiger partial charge in [-0.3, -0.25) is 4.98 Å². The molecular weight excluding hydrogens is 221 g/mol. The number of nitrogens with two attached hydrogens (primary N) is 1. The van der Waals surface area contributed by atoms with E-state index < -0.39 is 18.4 Å². The van der Waals surface area contributed by atoms with Gasteiger partial charge in [0.15, 0.2) is 6.10 Å². The lowest BCUT2D eigenvalue weighted by Gasteiger charge is -2.22. The molecule has 0 bridgehead atoms. The van der Waals surface area contributed by atoms with Crippen molar-refractivity contribution in [3.8, 4) is 0 Å². The van der Waals surface area contributed by atoms with E-state index in [1.54, 1.807) is 18.2 Å². The molecule has 0 spiro atoms. The van der Waals surface area contributed by atoms with Gasteiger partial charge in [0, 0.05) is 12.7 Å². The summed E-state index contributed by atoms with van der Waals surface area (Å²) in [6.45, 7) is 0.906. The topological polar surface area (TPSA) is 48.1 Å². The van der Waals surface area contributed by atoms with Crippen molar-refractivity contribution in [1.82, 2.24) is 4.98 Å². The van der Waals surface area contributed by atoms with Crippen molar-refractivity contribution in [1.29, 1.82) is 0 Å². The lowest BCUT2D eigenvalue weighted by Crippen LogP contribution is -2.32. The molecule has 0 radical (unpaired) electrons. The Morgan fingerprint density at radius 3 is 2.56 bits per heavy atom. The van der Waals surface area contributed by atoms with Crippen molar-refractivity contribution >= 4 is 0 Å². The van der Waals surface area contributed by atoms with Gasteiger partial charge in [0.25, 0.3) is 0 Å². The highest BCUT2D eigenvalue weighted by atomic mass is 19.4. The van der Waals surface area contributed by atoms with Crippen molar-refractivity contribution in [2.24, 2.45) is 5.73 Å². The molecule has 0 amide bonds. The molecule has 3 nitrogen and oxygen atoms in total. The zero-order valence-corrected chi connectivity index (χ0v) is 8.74. The van der Waals surface area contributed by atoms with E-state index in [4.69, 9.17) is 10.5 Å². The molecule has 0 aromatic carbocycles. The van der Waals surface area contributed by atoms with Gasteiger partial charge in [-0.15, -0.1) is 0 Å². The number of ether oxygens (including phenoxy) is 1. The molecule has 2 N–H and O–H groups in total. The standard InChI is InChI=1S/C10H13F3N2O/c1-7(10(11,12)13)16-9(6-14)8-4-2-3-5-15-8/h2-5,7,9H,6,14H2,1H3. The first-order valence-electron chi connectivity index (χ1n) is 4.78. The van der Waals surface area contributed by atoms with Gasteiger partial charge in [-0.2, -0.15) is 13.2 Å². The molecule has 6 heteroatoms. The van der Waals surface area contributed by atoms with Gasteiger partial charge in [0.05, 0.1) is 5.69 Å². The van der Waals surface area contributed by atoms with Crippen molar-refractivity contribution in [2.75, 3.05) is 6.54 Å². The summed E-state index contributed by atoms with van der Waals surface area (Å²) in [6, 6.07) is 4.93. The van der Waals surface area contributed by atoms with E-state index in [9.17, 15) is 13.2 Å². The maximum atomic E-state index is 12.3. The minimum absolute atomic E-state index is 0.0442. The first-order valence-corrected chi connectivity index (χ1v) is 4.78. The number of alkyl halides is 3. The molecule has 16 heavy (non-hydrogen) atoms. The van der Waals surface area contributed by atoms with Crippen molar-refractivity contribution < 1.29 is 17.9 Å². The predicted octanol–water partition coefficient (Wildman–Crippen LogP) is 2.05. The highest BCUT2D eigenvalue weighted by Gasteiger charge is 2.38. The van der Waals surface area contributed by atoms with E-state index in [2.05, 4.69) is 4.98 Å². The molecule has 1 aromatic heterocycles. The zero-order chi connectivity index (χ0) is 12.2. The number of halogens is 3. The maximum Gasteiger partial charge on any atom is 0.414 e. The average molecular weight is 234 g/mol. The van der Waals surface area contributed by atoms with Crippen LogP contribution < -0.4 is 5.73 Å². The third-order valence-corrected chi connectivity index (χ3v) is 2.06. The normalized spacial score (nSPS) is 15.8. The Bertz CT molecular complexity index is 316. The molecule has 0 aliphatic carbocycles. The second-order valence-corrected chi connectivity index (χ2v) is 3.30. The van der Waals surface area contributed by atoms with Gasteiger partial charge in [-0.25, -0.2) is 0 Å². The minimum Gasteiger partial charge on any atom is -0.358 e. The van der Waals surface area contributed by atoms with Crippen molar-refractivity contribution in [2.45, 2.75) is 25.3 Å². The fourth-order valence-electron chi connectivity index (χ4n) is 1.14. The van der Waals surface area contributed by atoms with Crippen LogP contribution in [0.3, 0.4) is 0 Å². The number of pyridine rings is 1. The van der Waals surface area contributed by atoms with Crippen LogP contribution in [-0.4, -0.2) is 23.8 Å². The fraction of sp³-hybridized carbons (Fsp3) is 0.500. The lowest BCUT2D eigenvalue weighted by molar-refractivity contribution is -0.227. The lowest BCUT2D eigenvalue weighted by atomic mass is 10.2. The molecule has 0 aliphatic heterocycles. The van der Waals surface area contributed by atoms with Crippen LogP contribution in [-0.2, 0) is 4.74 Å². The van der Waals surface area contributed by atoms with Crippen LogP contribution >= 0.6 is 0 Å². The van der Waals surface area contributed by atoms with Crippen LogP contribution in [0, 0.1) is 0 Å². The van der Waals surface area contributed by atoms with Gasteiger partial charge in [0.2, 0.25) is 0 Å². The highest BCUT2D eigenvalue weighted by Crippen LogP contribution is 2.26. The third kappa shape index (κ3) is 3.46. The number of nitrogens with zero attached hydrogens (tertiary/aromatic N) is 1. The van der Waals surface area contributed by atoms with E-state index in [0.717, 1.165) is 6.92 Å². The van der Waals surface area contributed by atoms with Crippen LogP contribution in [0.4, 0.5) is 13.2 Å². The van der Waals surface area contributed by atoms with Crippen LogP contribution in [0.1, 0.15) is 18.7 Å². The molecule has 2 atom stereocenters. The average Bonchev–Trinajstić information content (AvgIpc) is 2.25. The Kier molecular flexibility index (Phi) is 4.26. The fourth-order valence-corrected chi connectivity index (χ4v) is 1.14. The van der Waals surface area contributed by atoms with Gasteiger partial charge in [-0.1, -0.05) is 6.07 Å². The summed E-state index contributed by atoms with van der Waals surface area (Å²) in [5.41, 5.74) is 5.77. The van der Waals surface area contributed by atoms with E-state index in [1.807, 2.05) is 0 Å². The summed E-state index contributed by atoms with van der Waals surface area (Å²) in [4.78, 5) is 3.91. The highest BCUT2D eigenvalue weighted by molar-refractivity contribution is 5.07. The first-order chi connectivity index (χ1) is 7.45. The second-order valence-electron chi connectivity index (χ2n) is 3.30. The second kappa shape index (κ2) is 5.27. The molecule has 0 saturated heterocycles. The molecule has 0 fully saturated rings. The van der Waals surface area contributed by atoms with Gasteiger partial charge in [0.1, 0.15) is 6.10 Å². The Balaban J connectivity index is 2.70. The Morgan fingerprint density at radius 2 is 2.12 bits per heavy atom. The first kappa shape index (κ1) is 12.9. The molecule has 0 aliphatic rings. The van der Waals surface area contributed by atoms with Crippen LogP contribution in [0.25, 0.3) is 0 Å². The van der Waals surface area contributed by atoms with Gasteiger partial charge < -0.3 is 10.5 Å². The monoisotopic (exact) mass is 234 g/mol. The van der Waals surface area contributed by atoms with E-state index in [-0.39, 0.29) is 6.54 Å². The summed E-state index contributed by atoms with van der Waals surface area (Å²) < 4.78 is 41.7. The van der Waals surface area contributed by atoms with Gasteiger partial charge >= 0.3 is 6.18 Å². The van der Waals surface area contributed by atoms with E-state index in [0.29, 0.717) is 5.69 Å². The Morgan fingerprint density at radius 1 is 1.44 bits per heavy atom. The maximum absolute atomic E-state index is 12.3. The molecule has 2 unspecified atom stereocenters. The largest absolute Gasteiger partial charge is 0.414 e. The SMILES string of the molecule is CC(OC(CN)c1ccccn1)C(F)(F)F. The summed E-state index contributed by atoms with van der Waals surface area (Å²) in [6.07, 6.45) is -5.59. The molecule has 1 aromatic rings. The van der Waals surface area contributed by atoms with Crippen LogP contribution in [0.5, 0.6) is 0 Å². The molecular formula is C10H13F3N2O. The van der Waals surface area contributed by atoms with Crippen LogP contribution in [0.2, 0.25) is 0 Å². The quantitative estimate of drug-likeness (QED) is 0.867. The molecule has 1 rings (SSSR count). The summed E-state index contributed by atoms with van der Waals surface area (Å²) in [7, 11) is 0. The Labute approximate surface area is 91.4 Å². The van der Waals surface area contributed by atoms with E-state index >= 15 is 0 Å². The van der Waals surface area contributed by atoms with Gasteiger partial charge in [-0.05, 0) is 19.1 Å². The third-order valence-electron chi connectivity index (χ3n) is 2.06. The number of hydrogen-bond donors (Lipinski definition) is 1. The predicted molar refractivity (Wildman–Crippen MR) is 52.6 cm³/mol. The number of aromatic nitrogens is 1. The number of rotatable bonds is 4. The van der Waals surface area contributed by atoms with E-state index in [1.165, 1.54) is 6.20 Å². The van der Waals surface area contributed by atoms with Crippen LogP contribution in [0.15, 0.2) is 24.4 Å². The summed E-state index contributed by atoms with van der Waals surface area (Å²) in [5.74, 6) is 0. The number of hydrogen-bond acceptors (Lipinski definition) is 3. The van der Waals surface area contributed by atoms with Crippen molar-refractivity contribution in [3.05, 3.63) is 30.1 Å². The minimum atomic E-state index is -4.39. The zero-order valence-electron chi connectivity index (χ0n) is 8.74. The molecule has 0 saturated carbocycles. The summed E-state index contributed by atoms with van der Waals surface area (Å²) >= 11 is 0. The Hall–Kier alpha value is -1.14. The van der Waals surface area contributed by atoms with Crippen molar-refractivity contribution in [3.63, 3.8) is 0 Å². The summed E-state index contributed by atoms with van der Waals surface area (Å²) in [5, 5.41) is 0.